The molecule has 1 amide bonds. The van der Waals surface area contributed by atoms with Crippen LogP contribution in [-0.4, -0.2) is 22.4 Å². The second kappa shape index (κ2) is 5.61. The van der Waals surface area contributed by atoms with Crippen molar-refractivity contribution in [2.75, 3.05) is 6.54 Å². The number of hydrogen-bond donors (Lipinski definition) is 1. The Bertz CT molecular complexity index is 632. The smallest absolute Gasteiger partial charge is 0.263 e. The average Bonchev–Trinajstić information content (AvgIpc) is 3.00. The lowest BCUT2D eigenvalue weighted by molar-refractivity contribution is 0.0953. The zero-order chi connectivity index (χ0) is 14.1. The third-order valence-corrected chi connectivity index (χ3v) is 5.61. The minimum Gasteiger partial charge on any atom is -0.351 e. The molecule has 0 bridgehead atoms. The Morgan fingerprint density at radius 1 is 1.50 bits per heavy atom. The van der Waals surface area contributed by atoms with E-state index in [9.17, 15) is 4.79 Å². The maximum atomic E-state index is 12.1. The van der Waals surface area contributed by atoms with Gasteiger partial charge in [-0.3, -0.25) is 4.79 Å². The lowest BCUT2D eigenvalue weighted by atomic mass is 9.91. The van der Waals surface area contributed by atoms with Gasteiger partial charge in [0.15, 0.2) is 0 Å². The number of aromatic nitrogens is 2. The van der Waals surface area contributed by atoms with Gasteiger partial charge < -0.3 is 5.32 Å². The van der Waals surface area contributed by atoms with Crippen LogP contribution in [0, 0.1) is 13.8 Å². The maximum absolute atomic E-state index is 12.1. The first-order chi connectivity index (χ1) is 9.65. The Morgan fingerprint density at radius 3 is 3.10 bits per heavy atom. The quantitative estimate of drug-likeness (QED) is 0.948. The van der Waals surface area contributed by atoms with Gasteiger partial charge in [0, 0.05) is 17.3 Å². The van der Waals surface area contributed by atoms with Crippen LogP contribution in [0.5, 0.6) is 0 Å². The van der Waals surface area contributed by atoms with Gasteiger partial charge in [0.25, 0.3) is 5.91 Å². The first kappa shape index (κ1) is 13.7. The molecule has 2 heterocycles. The molecule has 0 aromatic carbocycles. The molecule has 1 N–H and O–H groups in total. The summed E-state index contributed by atoms with van der Waals surface area (Å²) in [6.07, 6.45) is 3.44. The SMILES string of the molecule is Cc1nc2c(s1)CCCC2CNC(=O)c1scnc1C. The van der Waals surface area contributed by atoms with Gasteiger partial charge in [-0.2, -0.15) is 0 Å². The number of thiazole rings is 2. The molecular weight excluding hydrogens is 290 g/mol. The van der Waals surface area contributed by atoms with E-state index in [0.29, 0.717) is 12.5 Å². The van der Waals surface area contributed by atoms with E-state index in [-0.39, 0.29) is 5.91 Å². The van der Waals surface area contributed by atoms with E-state index in [2.05, 4.69) is 22.2 Å². The van der Waals surface area contributed by atoms with Crippen molar-refractivity contribution in [1.29, 1.82) is 0 Å². The molecule has 1 unspecified atom stereocenters. The van der Waals surface area contributed by atoms with E-state index in [1.807, 2.05) is 6.92 Å². The monoisotopic (exact) mass is 307 g/mol. The van der Waals surface area contributed by atoms with Crippen LogP contribution in [0.2, 0.25) is 0 Å². The minimum absolute atomic E-state index is 0.0101. The second-order valence-electron chi connectivity index (χ2n) is 5.11. The Kier molecular flexibility index (Phi) is 3.85. The molecular formula is C14H17N3OS2. The fourth-order valence-corrected chi connectivity index (χ4v) is 4.43. The molecule has 0 spiro atoms. The van der Waals surface area contributed by atoms with E-state index in [0.717, 1.165) is 28.4 Å². The summed E-state index contributed by atoms with van der Waals surface area (Å²) in [5, 5.41) is 4.17. The van der Waals surface area contributed by atoms with Crippen molar-refractivity contribution in [2.45, 2.75) is 39.0 Å². The molecule has 6 heteroatoms. The van der Waals surface area contributed by atoms with Crippen LogP contribution < -0.4 is 5.32 Å². The highest BCUT2D eigenvalue weighted by molar-refractivity contribution is 7.12. The van der Waals surface area contributed by atoms with E-state index in [1.54, 1.807) is 16.8 Å². The van der Waals surface area contributed by atoms with E-state index < -0.39 is 0 Å². The summed E-state index contributed by atoms with van der Waals surface area (Å²) in [5.41, 5.74) is 3.73. The standard InChI is InChI=1S/C14H17N3OS2/c1-8-13(19-7-16-8)14(18)15-6-10-4-3-5-11-12(10)17-9(2)20-11/h7,10H,3-6H2,1-2H3,(H,15,18). The summed E-state index contributed by atoms with van der Waals surface area (Å²) in [7, 11) is 0. The van der Waals surface area contributed by atoms with Crippen LogP contribution in [-0.2, 0) is 6.42 Å². The fourth-order valence-electron chi connectivity index (χ4n) is 2.64. The average molecular weight is 307 g/mol. The van der Waals surface area contributed by atoms with Crippen molar-refractivity contribution >= 4 is 28.6 Å². The topological polar surface area (TPSA) is 54.9 Å². The van der Waals surface area contributed by atoms with Gasteiger partial charge >= 0.3 is 0 Å². The number of carbonyl (C=O) groups excluding carboxylic acids is 1. The van der Waals surface area contributed by atoms with Crippen molar-refractivity contribution in [2.24, 2.45) is 0 Å². The largest absolute Gasteiger partial charge is 0.351 e. The number of carbonyl (C=O) groups is 1. The molecule has 20 heavy (non-hydrogen) atoms. The Balaban J connectivity index is 1.68. The van der Waals surface area contributed by atoms with Crippen molar-refractivity contribution in [3.8, 4) is 0 Å². The number of amides is 1. The molecule has 4 nitrogen and oxygen atoms in total. The Hall–Kier alpha value is -1.27. The third-order valence-electron chi connectivity index (χ3n) is 3.64. The van der Waals surface area contributed by atoms with Gasteiger partial charge in [0.1, 0.15) is 4.88 Å². The highest BCUT2D eigenvalue weighted by atomic mass is 32.1. The summed E-state index contributed by atoms with van der Waals surface area (Å²) in [5.74, 6) is 0.352. The van der Waals surface area contributed by atoms with Crippen LogP contribution in [0.4, 0.5) is 0 Å². The molecule has 0 saturated heterocycles. The van der Waals surface area contributed by atoms with Gasteiger partial charge in [0.2, 0.25) is 0 Å². The Labute approximate surface area is 126 Å². The number of aryl methyl sites for hydroxylation is 3. The van der Waals surface area contributed by atoms with Crippen LogP contribution >= 0.6 is 22.7 Å². The lowest BCUT2D eigenvalue weighted by Crippen LogP contribution is -2.29. The Morgan fingerprint density at radius 2 is 2.35 bits per heavy atom. The van der Waals surface area contributed by atoms with Gasteiger partial charge in [-0.25, -0.2) is 9.97 Å². The number of fused-ring (bicyclic) bond motifs is 1. The number of nitrogens with zero attached hydrogens (tertiary/aromatic N) is 2. The maximum Gasteiger partial charge on any atom is 0.263 e. The predicted octanol–water partition coefficient (Wildman–Crippen LogP) is 3.07. The highest BCUT2D eigenvalue weighted by Crippen LogP contribution is 2.34. The summed E-state index contributed by atoms with van der Waals surface area (Å²) in [4.78, 5) is 23.0. The molecule has 1 atom stereocenters. The molecule has 0 fully saturated rings. The summed E-state index contributed by atoms with van der Waals surface area (Å²) < 4.78 is 0. The molecule has 1 aliphatic rings. The lowest BCUT2D eigenvalue weighted by Gasteiger charge is -2.21. The normalized spacial score (nSPS) is 17.8. The van der Waals surface area contributed by atoms with E-state index in [1.165, 1.54) is 28.3 Å². The zero-order valence-corrected chi connectivity index (χ0v) is 13.2. The van der Waals surface area contributed by atoms with E-state index >= 15 is 0 Å². The molecule has 1 aliphatic carbocycles. The molecule has 0 radical (unpaired) electrons. The van der Waals surface area contributed by atoms with E-state index in [4.69, 9.17) is 0 Å². The van der Waals surface area contributed by atoms with Crippen LogP contribution in [0.15, 0.2) is 5.51 Å². The molecule has 106 valence electrons. The molecule has 3 rings (SSSR count). The number of nitrogens with one attached hydrogen (secondary N) is 1. The number of rotatable bonds is 3. The fraction of sp³-hybridized carbons (Fsp3) is 0.500. The number of hydrogen-bond acceptors (Lipinski definition) is 5. The first-order valence-electron chi connectivity index (χ1n) is 6.79. The van der Waals surface area contributed by atoms with Crippen molar-refractivity contribution in [3.63, 3.8) is 0 Å². The first-order valence-corrected chi connectivity index (χ1v) is 8.49. The predicted molar refractivity (Wildman–Crippen MR) is 81.7 cm³/mol. The summed E-state index contributed by atoms with van der Waals surface area (Å²) in [6, 6.07) is 0. The van der Waals surface area contributed by atoms with Crippen LogP contribution in [0.3, 0.4) is 0 Å². The zero-order valence-electron chi connectivity index (χ0n) is 11.6. The van der Waals surface area contributed by atoms with Crippen LogP contribution in [0.1, 0.15) is 49.7 Å². The molecule has 2 aromatic rings. The third kappa shape index (κ3) is 2.62. The van der Waals surface area contributed by atoms with Gasteiger partial charge in [-0.05, 0) is 33.1 Å². The van der Waals surface area contributed by atoms with Crippen molar-refractivity contribution in [3.05, 3.63) is 31.7 Å². The van der Waals surface area contributed by atoms with Gasteiger partial charge in [-0.15, -0.1) is 22.7 Å². The molecule has 0 saturated carbocycles. The highest BCUT2D eigenvalue weighted by Gasteiger charge is 2.24. The van der Waals surface area contributed by atoms with Crippen LogP contribution in [0.25, 0.3) is 0 Å². The van der Waals surface area contributed by atoms with Crippen molar-refractivity contribution in [1.82, 2.24) is 15.3 Å². The van der Waals surface area contributed by atoms with Gasteiger partial charge in [-0.1, -0.05) is 0 Å². The summed E-state index contributed by atoms with van der Waals surface area (Å²) in [6.45, 7) is 4.60. The molecule has 0 aliphatic heterocycles. The van der Waals surface area contributed by atoms with Gasteiger partial charge in [0.05, 0.1) is 21.9 Å². The molecule has 2 aromatic heterocycles. The minimum atomic E-state index is -0.0101. The van der Waals surface area contributed by atoms with Crippen molar-refractivity contribution < 1.29 is 4.79 Å². The second-order valence-corrected chi connectivity index (χ2v) is 7.25. The summed E-state index contributed by atoms with van der Waals surface area (Å²) >= 11 is 3.19.